The van der Waals surface area contributed by atoms with Gasteiger partial charge in [-0.1, -0.05) is 24.3 Å². The van der Waals surface area contributed by atoms with Crippen LogP contribution in [0.25, 0.3) is 0 Å². The smallest absolute Gasteiger partial charge is 0.337 e. The second-order valence-corrected chi connectivity index (χ2v) is 4.22. The Morgan fingerprint density at radius 2 is 1.74 bits per heavy atom. The predicted octanol–water partition coefficient (Wildman–Crippen LogP) is 3.07. The molecule has 0 spiro atoms. The first-order chi connectivity index (χ1) is 9.22. The molecule has 2 rings (SSSR count). The number of methoxy groups -OCH3 is 2. The molecule has 0 fully saturated rings. The van der Waals surface area contributed by atoms with Crippen LogP contribution in [-0.2, 0) is 11.2 Å². The van der Waals surface area contributed by atoms with E-state index >= 15 is 0 Å². The fourth-order valence-corrected chi connectivity index (χ4v) is 1.89. The average molecular weight is 256 g/mol. The Hall–Kier alpha value is -2.29. The Balaban J connectivity index is 2.12. The summed E-state index contributed by atoms with van der Waals surface area (Å²) in [4.78, 5) is 11.3. The van der Waals surface area contributed by atoms with Gasteiger partial charge >= 0.3 is 5.97 Å². The molecule has 0 bridgehead atoms. The van der Waals surface area contributed by atoms with Gasteiger partial charge in [0.25, 0.3) is 0 Å². The third-order valence-corrected chi connectivity index (χ3v) is 2.92. The fourth-order valence-electron chi connectivity index (χ4n) is 1.89. The van der Waals surface area contributed by atoms with Crippen molar-refractivity contribution in [2.24, 2.45) is 0 Å². The van der Waals surface area contributed by atoms with Crippen molar-refractivity contribution in [1.29, 1.82) is 0 Å². The maximum atomic E-state index is 11.3. The predicted molar refractivity (Wildman–Crippen MR) is 73.6 cm³/mol. The molecule has 2 aromatic carbocycles. The maximum absolute atomic E-state index is 11.3. The molecule has 0 aromatic heterocycles. The van der Waals surface area contributed by atoms with Gasteiger partial charge in [-0.15, -0.1) is 0 Å². The number of ether oxygens (including phenoxy) is 2. The summed E-state index contributed by atoms with van der Waals surface area (Å²) in [7, 11) is 3.04. The summed E-state index contributed by atoms with van der Waals surface area (Å²) in [6, 6.07) is 15.4. The summed E-state index contributed by atoms with van der Waals surface area (Å²) in [6.45, 7) is 0. The van der Waals surface area contributed by atoms with E-state index in [0.29, 0.717) is 5.56 Å². The number of hydrogen-bond acceptors (Lipinski definition) is 3. The van der Waals surface area contributed by atoms with Crippen molar-refractivity contribution in [1.82, 2.24) is 0 Å². The third-order valence-electron chi connectivity index (χ3n) is 2.92. The summed E-state index contributed by atoms with van der Waals surface area (Å²) < 4.78 is 9.87. The standard InChI is InChI=1S/C16H16O3/c1-18-15-5-3-4-13(11-15)10-12-6-8-14(9-7-12)16(17)19-2/h3-9,11H,10H2,1-2H3. The molecule has 98 valence electrons. The zero-order chi connectivity index (χ0) is 13.7. The van der Waals surface area contributed by atoms with Gasteiger partial charge in [0.15, 0.2) is 0 Å². The zero-order valence-electron chi connectivity index (χ0n) is 11.1. The van der Waals surface area contributed by atoms with Crippen molar-refractivity contribution in [2.45, 2.75) is 6.42 Å². The van der Waals surface area contributed by atoms with Crippen LogP contribution in [0.15, 0.2) is 48.5 Å². The maximum Gasteiger partial charge on any atom is 0.337 e. The van der Waals surface area contributed by atoms with Crippen molar-refractivity contribution in [3.05, 3.63) is 65.2 Å². The van der Waals surface area contributed by atoms with Gasteiger partial charge in [0.05, 0.1) is 19.8 Å². The second kappa shape index (κ2) is 6.05. The number of rotatable bonds is 4. The number of carbonyl (C=O) groups is 1. The molecule has 0 atom stereocenters. The summed E-state index contributed by atoms with van der Waals surface area (Å²) in [5, 5.41) is 0. The van der Waals surface area contributed by atoms with E-state index in [1.54, 1.807) is 19.2 Å². The van der Waals surface area contributed by atoms with E-state index in [4.69, 9.17) is 4.74 Å². The van der Waals surface area contributed by atoms with E-state index in [0.717, 1.165) is 17.7 Å². The molecule has 0 N–H and O–H groups in total. The summed E-state index contributed by atoms with van der Waals surface area (Å²) in [5.41, 5.74) is 2.88. The molecule has 3 heteroatoms. The lowest BCUT2D eigenvalue weighted by atomic mass is 10.0. The monoisotopic (exact) mass is 256 g/mol. The molecule has 0 saturated heterocycles. The van der Waals surface area contributed by atoms with Crippen LogP contribution in [0.3, 0.4) is 0 Å². The van der Waals surface area contributed by atoms with Gasteiger partial charge in [-0.2, -0.15) is 0 Å². The van der Waals surface area contributed by atoms with Crippen LogP contribution in [0.1, 0.15) is 21.5 Å². The van der Waals surface area contributed by atoms with Gasteiger partial charge in [-0.05, 0) is 41.8 Å². The molecule has 0 saturated carbocycles. The first-order valence-electron chi connectivity index (χ1n) is 6.03. The normalized spacial score (nSPS) is 10.0. The Morgan fingerprint density at radius 3 is 2.37 bits per heavy atom. The topological polar surface area (TPSA) is 35.5 Å². The van der Waals surface area contributed by atoms with Crippen molar-refractivity contribution in [3.8, 4) is 5.75 Å². The Morgan fingerprint density at radius 1 is 1.00 bits per heavy atom. The van der Waals surface area contributed by atoms with Gasteiger partial charge in [-0.3, -0.25) is 0 Å². The van der Waals surface area contributed by atoms with Crippen LogP contribution < -0.4 is 4.74 Å². The quantitative estimate of drug-likeness (QED) is 0.789. The van der Waals surface area contributed by atoms with Crippen LogP contribution in [0.5, 0.6) is 5.75 Å². The third kappa shape index (κ3) is 3.35. The highest BCUT2D eigenvalue weighted by molar-refractivity contribution is 5.89. The number of carbonyl (C=O) groups excluding carboxylic acids is 1. The van der Waals surface area contributed by atoms with Crippen molar-refractivity contribution < 1.29 is 14.3 Å². The van der Waals surface area contributed by atoms with E-state index in [9.17, 15) is 4.79 Å². The van der Waals surface area contributed by atoms with E-state index in [2.05, 4.69) is 10.8 Å². The first-order valence-corrected chi connectivity index (χ1v) is 6.03. The van der Waals surface area contributed by atoms with Crippen molar-refractivity contribution in [2.75, 3.05) is 14.2 Å². The summed E-state index contributed by atoms with van der Waals surface area (Å²) in [5.74, 6) is 0.539. The SMILES string of the molecule is COC(=O)c1ccc(Cc2cccc(OC)c2)cc1. The van der Waals surface area contributed by atoms with Gasteiger partial charge in [0.1, 0.15) is 5.75 Å². The molecular formula is C16H16O3. The molecule has 0 aliphatic heterocycles. The van der Waals surface area contributed by atoms with E-state index in [1.165, 1.54) is 12.7 Å². The van der Waals surface area contributed by atoms with E-state index in [1.807, 2.05) is 30.3 Å². The molecule has 0 radical (unpaired) electrons. The lowest BCUT2D eigenvalue weighted by molar-refractivity contribution is 0.0600. The molecule has 0 aliphatic rings. The highest BCUT2D eigenvalue weighted by Crippen LogP contribution is 2.16. The molecular weight excluding hydrogens is 240 g/mol. The molecule has 2 aromatic rings. The van der Waals surface area contributed by atoms with Crippen LogP contribution in [-0.4, -0.2) is 20.2 Å². The Bertz CT molecular complexity index is 558. The minimum Gasteiger partial charge on any atom is -0.497 e. The van der Waals surface area contributed by atoms with Crippen molar-refractivity contribution in [3.63, 3.8) is 0 Å². The summed E-state index contributed by atoms with van der Waals surface area (Å²) >= 11 is 0. The Kier molecular flexibility index (Phi) is 4.18. The minimum atomic E-state index is -0.312. The molecule has 3 nitrogen and oxygen atoms in total. The largest absolute Gasteiger partial charge is 0.497 e. The van der Waals surface area contributed by atoms with Crippen LogP contribution in [0.2, 0.25) is 0 Å². The van der Waals surface area contributed by atoms with Gasteiger partial charge in [-0.25, -0.2) is 4.79 Å². The van der Waals surface area contributed by atoms with Gasteiger partial charge < -0.3 is 9.47 Å². The minimum absolute atomic E-state index is 0.312. The molecule has 0 unspecified atom stereocenters. The summed E-state index contributed by atoms with van der Waals surface area (Å²) in [6.07, 6.45) is 0.804. The van der Waals surface area contributed by atoms with Crippen LogP contribution in [0, 0.1) is 0 Å². The molecule has 0 aliphatic carbocycles. The molecule has 0 amide bonds. The van der Waals surface area contributed by atoms with Crippen LogP contribution in [0.4, 0.5) is 0 Å². The van der Waals surface area contributed by atoms with E-state index in [-0.39, 0.29) is 5.97 Å². The van der Waals surface area contributed by atoms with Gasteiger partial charge in [0.2, 0.25) is 0 Å². The Labute approximate surface area is 112 Å². The average Bonchev–Trinajstić information content (AvgIpc) is 2.47. The second-order valence-electron chi connectivity index (χ2n) is 4.22. The van der Waals surface area contributed by atoms with E-state index < -0.39 is 0 Å². The lowest BCUT2D eigenvalue weighted by Gasteiger charge is -2.05. The zero-order valence-corrected chi connectivity index (χ0v) is 11.1. The fraction of sp³-hybridized carbons (Fsp3) is 0.188. The van der Waals surface area contributed by atoms with Crippen LogP contribution >= 0.6 is 0 Å². The highest BCUT2D eigenvalue weighted by atomic mass is 16.5. The lowest BCUT2D eigenvalue weighted by Crippen LogP contribution is -2.01. The van der Waals surface area contributed by atoms with Crippen molar-refractivity contribution >= 4 is 5.97 Å². The van der Waals surface area contributed by atoms with Gasteiger partial charge in [0, 0.05) is 0 Å². The molecule has 19 heavy (non-hydrogen) atoms. The highest BCUT2D eigenvalue weighted by Gasteiger charge is 2.04. The number of benzene rings is 2. The number of esters is 1. The molecule has 0 heterocycles. The number of hydrogen-bond donors (Lipinski definition) is 0. The first kappa shape index (κ1) is 13.1.